The monoisotopic (exact) mass is 318 g/mol. The van der Waals surface area contributed by atoms with Crippen LogP contribution in [0.2, 0.25) is 0 Å². The van der Waals surface area contributed by atoms with E-state index in [4.69, 9.17) is 14.2 Å². The van der Waals surface area contributed by atoms with Crippen LogP contribution in [0.3, 0.4) is 0 Å². The van der Waals surface area contributed by atoms with Gasteiger partial charge in [0.1, 0.15) is 18.3 Å². The molecule has 0 fully saturated rings. The van der Waals surface area contributed by atoms with Crippen LogP contribution in [0.1, 0.15) is 33.6 Å². The van der Waals surface area contributed by atoms with E-state index in [9.17, 15) is 14.4 Å². The third kappa shape index (κ3) is 2.81. The van der Waals surface area contributed by atoms with Crippen molar-refractivity contribution < 1.29 is 28.6 Å². The lowest BCUT2D eigenvalue weighted by molar-refractivity contribution is -0.145. The minimum atomic E-state index is -0.605. The van der Waals surface area contributed by atoms with Crippen molar-refractivity contribution in [1.82, 2.24) is 0 Å². The van der Waals surface area contributed by atoms with E-state index in [1.807, 2.05) is 6.92 Å². The lowest BCUT2D eigenvalue weighted by atomic mass is 9.93. The van der Waals surface area contributed by atoms with E-state index in [1.165, 1.54) is 6.92 Å². The van der Waals surface area contributed by atoms with Gasteiger partial charge in [-0.2, -0.15) is 0 Å². The first-order valence-corrected chi connectivity index (χ1v) is 7.55. The van der Waals surface area contributed by atoms with Crippen molar-refractivity contribution in [3.05, 3.63) is 34.4 Å². The zero-order valence-electron chi connectivity index (χ0n) is 13.3. The summed E-state index contributed by atoms with van der Waals surface area (Å²) in [4.78, 5) is 35.2. The van der Waals surface area contributed by atoms with Gasteiger partial charge in [-0.25, -0.2) is 9.59 Å². The van der Waals surface area contributed by atoms with Crippen LogP contribution >= 0.6 is 0 Å². The van der Waals surface area contributed by atoms with E-state index in [0.29, 0.717) is 29.6 Å². The largest absolute Gasteiger partial charge is 0.458 e. The van der Waals surface area contributed by atoms with Gasteiger partial charge in [-0.05, 0) is 44.4 Å². The number of rotatable bonds is 1. The van der Waals surface area contributed by atoms with Crippen LogP contribution in [0, 0.1) is 0 Å². The zero-order valence-corrected chi connectivity index (χ0v) is 13.3. The smallest absolute Gasteiger partial charge is 0.334 e. The van der Waals surface area contributed by atoms with E-state index in [2.05, 4.69) is 0 Å². The molecule has 0 N–H and O–H groups in total. The highest BCUT2D eigenvalue weighted by Crippen LogP contribution is 2.35. The summed E-state index contributed by atoms with van der Waals surface area (Å²) in [5.41, 5.74) is 2.43. The number of fused-ring (bicyclic) bond motifs is 3. The second kappa shape index (κ2) is 5.68. The molecule has 6 heteroatoms. The summed E-state index contributed by atoms with van der Waals surface area (Å²) in [7, 11) is 0. The van der Waals surface area contributed by atoms with Crippen molar-refractivity contribution >= 4 is 17.9 Å². The second-order valence-corrected chi connectivity index (χ2v) is 5.97. The normalized spacial score (nSPS) is 32.4. The van der Waals surface area contributed by atoms with E-state index < -0.39 is 36.2 Å². The standard InChI is InChI=1S/C17H18O6/c1-8-6-13-15(9(2)16(19)22-13)14-7-11(17(20)23-14)4-5-12(8)21-10(3)18/h6-7,12-14H,4-5H2,1-3H3/b8-6+/t12-,13?,14-/m1/s1. The van der Waals surface area contributed by atoms with Crippen molar-refractivity contribution in [3.63, 3.8) is 0 Å². The van der Waals surface area contributed by atoms with E-state index in [0.717, 1.165) is 5.57 Å². The molecule has 2 heterocycles. The van der Waals surface area contributed by atoms with Gasteiger partial charge in [0.05, 0.1) is 0 Å². The Morgan fingerprint density at radius 3 is 2.48 bits per heavy atom. The van der Waals surface area contributed by atoms with Gasteiger partial charge in [0.25, 0.3) is 0 Å². The molecule has 0 aromatic carbocycles. The molecule has 6 nitrogen and oxygen atoms in total. The first-order chi connectivity index (χ1) is 10.9. The summed E-state index contributed by atoms with van der Waals surface area (Å²) in [6.45, 7) is 4.83. The molecule has 0 saturated carbocycles. The first kappa shape index (κ1) is 15.5. The maximum Gasteiger partial charge on any atom is 0.334 e. The molecule has 3 atom stereocenters. The highest BCUT2D eigenvalue weighted by molar-refractivity contribution is 5.95. The van der Waals surface area contributed by atoms with Crippen LogP contribution in [-0.2, 0) is 28.6 Å². The molecule has 0 saturated heterocycles. The van der Waals surface area contributed by atoms with Gasteiger partial charge in [-0.15, -0.1) is 0 Å². The van der Waals surface area contributed by atoms with Crippen LogP contribution < -0.4 is 0 Å². The summed E-state index contributed by atoms with van der Waals surface area (Å²) in [5, 5.41) is 0. The maximum absolute atomic E-state index is 12.0. The quantitative estimate of drug-likeness (QED) is 0.416. The fourth-order valence-electron chi connectivity index (χ4n) is 3.12. The molecule has 3 rings (SSSR count). The Balaban J connectivity index is 2.03. The maximum atomic E-state index is 12.0. The minimum Gasteiger partial charge on any atom is -0.458 e. The van der Waals surface area contributed by atoms with Crippen LogP contribution in [0.25, 0.3) is 0 Å². The van der Waals surface area contributed by atoms with Crippen LogP contribution in [-0.4, -0.2) is 36.2 Å². The number of esters is 3. The van der Waals surface area contributed by atoms with Crippen LogP contribution in [0.5, 0.6) is 0 Å². The van der Waals surface area contributed by atoms with Gasteiger partial charge in [0.2, 0.25) is 0 Å². The van der Waals surface area contributed by atoms with Crippen molar-refractivity contribution in [2.75, 3.05) is 0 Å². The molecule has 0 aromatic rings. The van der Waals surface area contributed by atoms with E-state index in [-0.39, 0.29) is 0 Å². The summed E-state index contributed by atoms with van der Waals surface area (Å²) >= 11 is 0. The van der Waals surface area contributed by atoms with Gasteiger partial charge in [0, 0.05) is 23.6 Å². The lowest BCUT2D eigenvalue weighted by Gasteiger charge is -2.21. The van der Waals surface area contributed by atoms with Gasteiger partial charge in [0.15, 0.2) is 0 Å². The first-order valence-electron chi connectivity index (χ1n) is 7.55. The highest BCUT2D eigenvalue weighted by Gasteiger charge is 2.40. The Labute approximate surface area is 133 Å². The van der Waals surface area contributed by atoms with Gasteiger partial charge in [-0.3, -0.25) is 4.79 Å². The highest BCUT2D eigenvalue weighted by atomic mass is 16.6. The Kier molecular flexibility index (Phi) is 3.83. The predicted octanol–water partition coefficient (Wildman–Crippen LogP) is 1.75. The number of hydrogen-bond donors (Lipinski definition) is 0. The summed E-state index contributed by atoms with van der Waals surface area (Å²) in [6, 6.07) is 0. The summed E-state index contributed by atoms with van der Waals surface area (Å²) in [5.74, 6) is -1.21. The molecule has 23 heavy (non-hydrogen) atoms. The molecule has 3 aliphatic rings. The SMILES string of the molecule is CC(=O)O[C@@H]1CCC2=C[C@@H](OC2=O)C2=C(C)C(=O)OC2/C=C/1C. The molecule has 0 radical (unpaired) electrons. The molecule has 2 bridgehead atoms. The molecule has 122 valence electrons. The number of carbonyl (C=O) groups is 3. The number of carbonyl (C=O) groups excluding carboxylic acids is 3. The van der Waals surface area contributed by atoms with Crippen molar-refractivity contribution in [2.24, 2.45) is 0 Å². The molecule has 0 amide bonds. The molecule has 1 aliphatic carbocycles. The Morgan fingerprint density at radius 1 is 1.13 bits per heavy atom. The minimum absolute atomic E-state index is 0.393. The van der Waals surface area contributed by atoms with Crippen LogP contribution in [0.15, 0.2) is 34.4 Å². The average Bonchev–Trinajstić information content (AvgIpc) is 2.94. The Bertz CT molecular complexity index is 681. The number of ether oxygens (including phenoxy) is 3. The molecule has 2 aliphatic heterocycles. The third-order valence-electron chi connectivity index (χ3n) is 4.34. The molecule has 0 spiro atoms. The third-order valence-corrected chi connectivity index (χ3v) is 4.34. The fraction of sp³-hybridized carbons (Fsp3) is 0.471. The second-order valence-electron chi connectivity index (χ2n) is 5.97. The van der Waals surface area contributed by atoms with Gasteiger partial charge >= 0.3 is 17.9 Å². The topological polar surface area (TPSA) is 78.9 Å². The average molecular weight is 318 g/mol. The Hall–Kier alpha value is -2.37. The lowest BCUT2D eigenvalue weighted by Crippen LogP contribution is -2.23. The zero-order chi connectivity index (χ0) is 16.7. The van der Waals surface area contributed by atoms with E-state index in [1.54, 1.807) is 19.1 Å². The van der Waals surface area contributed by atoms with Crippen molar-refractivity contribution in [1.29, 1.82) is 0 Å². The van der Waals surface area contributed by atoms with E-state index >= 15 is 0 Å². The predicted molar refractivity (Wildman–Crippen MR) is 79.1 cm³/mol. The molecular weight excluding hydrogens is 300 g/mol. The van der Waals surface area contributed by atoms with Gasteiger partial charge in [-0.1, -0.05) is 0 Å². The van der Waals surface area contributed by atoms with Crippen LogP contribution in [0.4, 0.5) is 0 Å². The summed E-state index contributed by atoms with van der Waals surface area (Å²) < 4.78 is 16.1. The van der Waals surface area contributed by atoms with Crippen molar-refractivity contribution in [2.45, 2.75) is 51.9 Å². The molecular formula is C17H18O6. The fourth-order valence-corrected chi connectivity index (χ4v) is 3.12. The van der Waals surface area contributed by atoms with Gasteiger partial charge < -0.3 is 14.2 Å². The molecule has 0 aromatic heterocycles. The van der Waals surface area contributed by atoms with Crippen molar-refractivity contribution in [3.8, 4) is 0 Å². The summed E-state index contributed by atoms with van der Waals surface area (Å²) in [6.07, 6.45) is 2.80. The number of hydrogen-bond acceptors (Lipinski definition) is 6. The Morgan fingerprint density at radius 2 is 1.78 bits per heavy atom. The molecule has 1 unspecified atom stereocenters.